The molecule has 0 spiro atoms. The van der Waals surface area contributed by atoms with Crippen LogP contribution in [0.2, 0.25) is 5.02 Å². The molecule has 0 fully saturated rings. The Labute approximate surface area is 119 Å². The fraction of sp³-hybridized carbons (Fsp3) is 0.417. The molecule has 0 atom stereocenters. The van der Waals surface area contributed by atoms with Crippen molar-refractivity contribution in [3.63, 3.8) is 0 Å². The number of para-hydroxylation sites is 1. The summed E-state index contributed by atoms with van der Waals surface area (Å²) in [6.45, 7) is 3.04. The molecular formula is C12H18Cl2N2O2. The summed E-state index contributed by atoms with van der Waals surface area (Å²) >= 11 is 5.98. The summed E-state index contributed by atoms with van der Waals surface area (Å²) in [5, 5.41) is 3.16. The summed E-state index contributed by atoms with van der Waals surface area (Å²) in [4.78, 5) is 12.7. The first kappa shape index (κ1) is 17.0. The van der Waals surface area contributed by atoms with Gasteiger partial charge in [-0.05, 0) is 18.6 Å². The van der Waals surface area contributed by atoms with Crippen LogP contribution in [0.5, 0.6) is 0 Å². The molecule has 18 heavy (non-hydrogen) atoms. The standard InChI is InChI=1S/C12H17ClN2O2.ClH/c1-9-5-4-6-10(13)11(9)14-12(16)17-8-7-15(2)3;/h4-6H,7-8H2,1-3H3,(H,14,16);1H. The van der Waals surface area contributed by atoms with Crippen LogP contribution < -0.4 is 22.6 Å². The number of nitrogens with one attached hydrogen (secondary N) is 2. The highest BCUT2D eigenvalue weighted by Gasteiger charge is 2.09. The van der Waals surface area contributed by atoms with E-state index < -0.39 is 6.09 Å². The van der Waals surface area contributed by atoms with Gasteiger partial charge in [0.05, 0.1) is 24.8 Å². The van der Waals surface area contributed by atoms with E-state index in [0.29, 0.717) is 17.3 Å². The lowest BCUT2D eigenvalue weighted by Gasteiger charge is -2.11. The molecule has 0 aromatic heterocycles. The van der Waals surface area contributed by atoms with Crippen LogP contribution in [0.1, 0.15) is 5.56 Å². The van der Waals surface area contributed by atoms with E-state index in [1.54, 1.807) is 6.07 Å². The van der Waals surface area contributed by atoms with Crippen LogP contribution in [0.25, 0.3) is 0 Å². The number of likely N-dealkylation sites (N-methyl/N-ethyl adjacent to an activating group) is 1. The minimum atomic E-state index is -0.470. The van der Waals surface area contributed by atoms with Gasteiger partial charge in [0.2, 0.25) is 0 Å². The predicted octanol–water partition coefficient (Wildman–Crippen LogP) is -1.65. The maximum atomic E-state index is 11.5. The SMILES string of the molecule is Cc1cccc(Cl)c1NC(=O)OCC[NH+](C)C.[Cl-]. The summed E-state index contributed by atoms with van der Waals surface area (Å²) in [7, 11) is 4.00. The average molecular weight is 293 g/mol. The predicted molar refractivity (Wildman–Crippen MR) is 68.8 cm³/mol. The van der Waals surface area contributed by atoms with Gasteiger partial charge in [0.1, 0.15) is 13.2 Å². The number of rotatable bonds is 4. The summed E-state index contributed by atoms with van der Waals surface area (Å²) < 4.78 is 5.04. The van der Waals surface area contributed by atoms with Crippen LogP contribution in [0, 0.1) is 6.92 Å². The summed E-state index contributed by atoms with van der Waals surface area (Å²) in [6, 6.07) is 5.45. The molecule has 0 saturated carbocycles. The third-order valence-electron chi connectivity index (χ3n) is 2.28. The Morgan fingerprint density at radius 3 is 2.67 bits per heavy atom. The number of ether oxygens (including phenoxy) is 1. The van der Waals surface area contributed by atoms with E-state index in [1.165, 1.54) is 4.90 Å². The molecule has 4 nitrogen and oxygen atoms in total. The first-order valence-corrected chi connectivity index (χ1v) is 5.86. The average Bonchev–Trinajstić information content (AvgIpc) is 2.23. The van der Waals surface area contributed by atoms with E-state index in [2.05, 4.69) is 5.32 Å². The smallest absolute Gasteiger partial charge is 0.411 e. The lowest BCUT2D eigenvalue weighted by atomic mass is 10.2. The van der Waals surface area contributed by atoms with Gasteiger partial charge < -0.3 is 22.0 Å². The topological polar surface area (TPSA) is 42.8 Å². The van der Waals surface area contributed by atoms with E-state index in [1.807, 2.05) is 33.2 Å². The van der Waals surface area contributed by atoms with E-state index in [0.717, 1.165) is 12.1 Å². The van der Waals surface area contributed by atoms with Gasteiger partial charge >= 0.3 is 6.09 Å². The molecule has 6 heteroatoms. The Hall–Kier alpha value is -0.970. The first-order chi connectivity index (χ1) is 8.00. The van der Waals surface area contributed by atoms with Gasteiger partial charge in [-0.15, -0.1) is 0 Å². The van der Waals surface area contributed by atoms with Crippen LogP contribution >= 0.6 is 11.6 Å². The van der Waals surface area contributed by atoms with Crippen molar-refractivity contribution in [1.82, 2.24) is 0 Å². The maximum Gasteiger partial charge on any atom is 0.411 e. The lowest BCUT2D eigenvalue weighted by molar-refractivity contribution is -0.858. The number of halogens is 2. The number of carbonyl (C=O) groups excluding carboxylic acids is 1. The molecule has 102 valence electrons. The molecule has 0 aliphatic carbocycles. The van der Waals surface area contributed by atoms with Gasteiger partial charge in [0, 0.05) is 0 Å². The van der Waals surface area contributed by atoms with Crippen molar-refractivity contribution in [2.45, 2.75) is 6.92 Å². The maximum absolute atomic E-state index is 11.5. The summed E-state index contributed by atoms with van der Waals surface area (Å²) in [6.07, 6.45) is -0.470. The molecule has 0 bridgehead atoms. The molecular weight excluding hydrogens is 275 g/mol. The molecule has 0 heterocycles. The molecule has 0 saturated heterocycles. The highest BCUT2D eigenvalue weighted by atomic mass is 35.5. The molecule has 1 aromatic carbocycles. The molecule has 0 aliphatic rings. The molecule has 1 aromatic rings. The summed E-state index contributed by atoms with van der Waals surface area (Å²) in [5.41, 5.74) is 1.52. The lowest BCUT2D eigenvalue weighted by Crippen LogP contribution is -3.06. The number of anilines is 1. The van der Waals surface area contributed by atoms with Crippen molar-refractivity contribution >= 4 is 23.4 Å². The zero-order valence-electron chi connectivity index (χ0n) is 10.7. The van der Waals surface area contributed by atoms with Crippen molar-refractivity contribution in [1.29, 1.82) is 0 Å². The van der Waals surface area contributed by atoms with Gasteiger partial charge in [0.25, 0.3) is 0 Å². The molecule has 0 radical (unpaired) electrons. The van der Waals surface area contributed by atoms with E-state index in [-0.39, 0.29) is 12.4 Å². The van der Waals surface area contributed by atoms with Crippen molar-refractivity contribution in [3.8, 4) is 0 Å². The number of quaternary nitrogens is 1. The number of hydrogen-bond acceptors (Lipinski definition) is 2. The monoisotopic (exact) mass is 292 g/mol. The van der Waals surface area contributed by atoms with Crippen molar-refractivity contribution in [2.75, 3.05) is 32.6 Å². The van der Waals surface area contributed by atoms with Crippen molar-refractivity contribution in [2.24, 2.45) is 0 Å². The minimum Gasteiger partial charge on any atom is -1.00 e. The normalized spacial score (nSPS) is 9.83. The zero-order valence-corrected chi connectivity index (χ0v) is 12.2. The first-order valence-electron chi connectivity index (χ1n) is 5.48. The summed E-state index contributed by atoms with van der Waals surface area (Å²) in [5.74, 6) is 0. The fourth-order valence-corrected chi connectivity index (χ4v) is 1.55. The second kappa shape index (κ2) is 8.19. The molecule has 0 aliphatic heterocycles. The number of amides is 1. The molecule has 2 N–H and O–H groups in total. The van der Waals surface area contributed by atoms with Crippen LogP contribution in [0.3, 0.4) is 0 Å². The zero-order chi connectivity index (χ0) is 12.8. The number of benzene rings is 1. The Morgan fingerprint density at radius 2 is 2.11 bits per heavy atom. The Kier molecular flexibility index (Phi) is 7.75. The Morgan fingerprint density at radius 1 is 1.44 bits per heavy atom. The number of aryl methyl sites for hydroxylation is 1. The van der Waals surface area contributed by atoms with E-state index in [9.17, 15) is 4.79 Å². The van der Waals surface area contributed by atoms with Gasteiger partial charge in [-0.25, -0.2) is 4.79 Å². The van der Waals surface area contributed by atoms with Crippen LogP contribution in [0.4, 0.5) is 10.5 Å². The van der Waals surface area contributed by atoms with Crippen molar-refractivity contribution < 1.29 is 26.8 Å². The third-order valence-corrected chi connectivity index (χ3v) is 2.60. The van der Waals surface area contributed by atoms with Gasteiger partial charge in [0.15, 0.2) is 0 Å². The molecule has 0 unspecified atom stereocenters. The molecule has 1 amide bonds. The highest BCUT2D eigenvalue weighted by molar-refractivity contribution is 6.33. The van der Waals surface area contributed by atoms with Gasteiger partial charge in [-0.3, -0.25) is 5.32 Å². The number of carbonyl (C=O) groups is 1. The van der Waals surface area contributed by atoms with E-state index in [4.69, 9.17) is 16.3 Å². The van der Waals surface area contributed by atoms with Crippen LogP contribution in [-0.2, 0) is 4.74 Å². The number of hydrogen-bond donors (Lipinski definition) is 2. The van der Waals surface area contributed by atoms with Crippen molar-refractivity contribution in [3.05, 3.63) is 28.8 Å². The highest BCUT2D eigenvalue weighted by Crippen LogP contribution is 2.25. The van der Waals surface area contributed by atoms with Gasteiger partial charge in [-0.2, -0.15) is 0 Å². The second-order valence-electron chi connectivity index (χ2n) is 4.15. The second-order valence-corrected chi connectivity index (χ2v) is 4.56. The minimum absolute atomic E-state index is 0. The van der Waals surface area contributed by atoms with Gasteiger partial charge in [-0.1, -0.05) is 23.7 Å². The van der Waals surface area contributed by atoms with Crippen LogP contribution in [0.15, 0.2) is 18.2 Å². The van der Waals surface area contributed by atoms with E-state index >= 15 is 0 Å². The van der Waals surface area contributed by atoms with Crippen LogP contribution in [-0.4, -0.2) is 33.3 Å². The molecule has 1 rings (SSSR count). The quantitative estimate of drug-likeness (QED) is 0.698. The fourth-order valence-electron chi connectivity index (χ4n) is 1.28. The largest absolute Gasteiger partial charge is 1.00 e. The third kappa shape index (κ3) is 5.58. The Balaban J connectivity index is 0.00000289. The Bertz CT molecular complexity index is 377.